The summed E-state index contributed by atoms with van der Waals surface area (Å²) in [5.74, 6) is -0.600. The first kappa shape index (κ1) is 24.1. The van der Waals surface area contributed by atoms with Crippen LogP contribution in [0.4, 0.5) is 11.4 Å². The van der Waals surface area contributed by atoms with Crippen LogP contribution >= 0.6 is 0 Å². The number of non-ortho nitro benzene ring substituents is 1. The van der Waals surface area contributed by atoms with E-state index in [4.69, 9.17) is 0 Å². The van der Waals surface area contributed by atoms with E-state index in [1.807, 2.05) is 13.0 Å². The highest BCUT2D eigenvalue weighted by Crippen LogP contribution is 2.27. The standard InChI is InChI=1S/C24H25N3O5S/c1-17-12-18(2)24(19(3)13-17)33(31,32)26(15-20-8-5-4-6-9-20)16-23(28)25-21-10-7-11-22(14-21)27(29)30/h4-14H,15-16H2,1-3H3,(H,25,28). The van der Waals surface area contributed by atoms with Crippen LogP contribution in [0, 0.1) is 30.9 Å². The van der Waals surface area contributed by atoms with Crippen LogP contribution in [0.5, 0.6) is 0 Å². The van der Waals surface area contributed by atoms with E-state index in [0.29, 0.717) is 11.1 Å². The molecule has 9 heteroatoms. The number of nitro groups is 1. The van der Waals surface area contributed by atoms with Gasteiger partial charge in [0, 0.05) is 24.4 Å². The minimum Gasteiger partial charge on any atom is -0.325 e. The summed E-state index contributed by atoms with van der Waals surface area (Å²) >= 11 is 0. The summed E-state index contributed by atoms with van der Waals surface area (Å²) in [7, 11) is -4.02. The van der Waals surface area contributed by atoms with Crippen LogP contribution in [0.1, 0.15) is 22.3 Å². The van der Waals surface area contributed by atoms with E-state index in [9.17, 15) is 23.3 Å². The van der Waals surface area contributed by atoms with Gasteiger partial charge in [-0.2, -0.15) is 4.31 Å². The summed E-state index contributed by atoms with van der Waals surface area (Å²) in [4.78, 5) is 23.4. The molecule has 0 heterocycles. The van der Waals surface area contributed by atoms with Gasteiger partial charge in [-0.05, 0) is 43.5 Å². The number of carbonyl (C=O) groups excluding carboxylic acids is 1. The molecule has 0 aliphatic carbocycles. The molecule has 0 radical (unpaired) electrons. The maximum absolute atomic E-state index is 13.7. The lowest BCUT2D eigenvalue weighted by Crippen LogP contribution is -2.38. The van der Waals surface area contributed by atoms with Crippen molar-refractivity contribution in [2.45, 2.75) is 32.2 Å². The largest absolute Gasteiger partial charge is 0.325 e. The molecule has 33 heavy (non-hydrogen) atoms. The second-order valence-electron chi connectivity index (χ2n) is 7.84. The van der Waals surface area contributed by atoms with Gasteiger partial charge < -0.3 is 5.32 Å². The van der Waals surface area contributed by atoms with Crippen LogP contribution in [-0.4, -0.2) is 30.1 Å². The average molecular weight is 468 g/mol. The Morgan fingerprint density at radius 3 is 2.21 bits per heavy atom. The Morgan fingerprint density at radius 1 is 0.970 bits per heavy atom. The fourth-order valence-corrected chi connectivity index (χ4v) is 5.57. The van der Waals surface area contributed by atoms with Gasteiger partial charge in [0.15, 0.2) is 0 Å². The lowest BCUT2D eigenvalue weighted by molar-refractivity contribution is -0.384. The lowest BCUT2D eigenvalue weighted by Gasteiger charge is -2.24. The fourth-order valence-electron chi connectivity index (χ4n) is 3.77. The Balaban J connectivity index is 1.94. The van der Waals surface area contributed by atoms with Gasteiger partial charge in [0.05, 0.1) is 16.4 Å². The van der Waals surface area contributed by atoms with E-state index < -0.39 is 27.4 Å². The van der Waals surface area contributed by atoms with Crippen molar-refractivity contribution in [1.82, 2.24) is 4.31 Å². The third kappa shape index (κ3) is 5.82. The van der Waals surface area contributed by atoms with Gasteiger partial charge in [-0.1, -0.05) is 54.1 Å². The average Bonchev–Trinajstić information content (AvgIpc) is 2.73. The lowest BCUT2D eigenvalue weighted by atomic mass is 10.1. The number of nitro benzene ring substituents is 1. The monoisotopic (exact) mass is 467 g/mol. The van der Waals surface area contributed by atoms with E-state index >= 15 is 0 Å². The molecular weight excluding hydrogens is 442 g/mol. The molecule has 0 aliphatic heterocycles. The van der Waals surface area contributed by atoms with Gasteiger partial charge in [-0.15, -0.1) is 0 Å². The number of anilines is 1. The Hall–Kier alpha value is -3.56. The molecule has 3 rings (SSSR count). The van der Waals surface area contributed by atoms with Gasteiger partial charge in [0.1, 0.15) is 0 Å². The van der Waals surface area contributed by atoms with Gasteiger partial charge in [0.2, 0.25) is 15.9 Å². The number of nitrogens with zero attached hydrogens (tertiary/aromatic N) is 2. The molecule has 1 amide bonds. The second-order valence-corrected chi connectivity index (χ2v) is 9.72. The Kier molecular flexibility index (Phi) is 7.25. The number of carbonyl (C=O) groups is 1. The number of rotatable bonds is 8. The third-order valence-electron chi connectivity index (χ3n) is 5.06. The van der Waals surface area contributed by atoms with E-state index in [2.05, 4.69) is 5.32 Å². The Bertz CT molecular complexity index is 1270. The maximum Gasteiger partial charge on any atom is 0.271 e. The molecule has 0 fully saturated rings. The smallest absolute Gasteiger partial charge is 0.271 e. The first-order valence-electron chi connectivity index (χ1n) is 10.2. The maximum atomic E-state index is 13.7. The highest BCUT2D eigenvalue weighted by Gasteiger charge is 2.30. The molecule has 3 aromatic carbocycles. The number of amides is 1. The van der Waals surface area contributed by atoms with Crippen LogP contribution in [-0.2, 0) is 21.4 Å². The Morgan fingerprint density at radius 2 is 1.61 bits per heavy atom. The van der Waals surface area contributed by atoms with Crippen molar-refractivity contribution in [3.63, 3.8) is 0 Å². The van der Waals surface area contributed by atoms with E-state index in [-0.39, 0.29) is 22.8 Å². The van der Waals surface area contributed by atoms with Crippen molar-refractivity contribution in [3.8, 4) is 0 Å². The zero-order valence-electron chi connectivity index (χ0n) is 18.6. The third-order valence-corrected chi connectivity index (χ3v) is 7.16. The summed E-state index contributed by atoms with van der Waals surface area (Å²) in [6.07, 6.45) is 0. The fraction of sp³-hybridized carbons (Fsp3) is 0.208. The van der Waals surface area contributed by atoms with Crippen molar-refractivity contribution in [2.75, 3.05) is 11.9 Å². The number of hydrogen-bond donors (Lipinski definition) is 1. The number of nitrogens with one attached hydrogen (secondary N) is 1. The second kappa shape index (κ2) is 9.93. The normalized spacial score (nSPS) is 11.4. The van der Waals surface area contributed by atoms with Crippen molar-refractivity contribution in [2.24, 2.45) is 0 Å². The van der Waals surface area contributed by atoms with E-state index in [0.717, 1.165) is 15.4 Å². The van der Waals surface area contributed by atoms with Crippen LogP contribution in [0.25, 0.3) is 0 Å². The zero-order valence-corrected chi connectivity index (χ0v) is 19.4. The molecule has 0 aromatic heterocycles. The summed E-state index contributed by atoms with van der Waals surface area (Å²) in [5, 5.41) is 13.6. The summed E-state index contributed by atoms with van der Waals surface area (Å²) in [6.45, 7) is 4.91. The summed E-state index contributed by atoms with van der Waals surface area (Å²) in [5.41, 5.74) is 2.92. The van der Waals surface area contributed by atoms with Crippen LogP contribution < -0.4 is 5.32 Å². The van der Waals surface area contributed by atoms with Crippen LogP contribution in [0.2, 0.25) is 0 Å². The molecule has 0 saturated heterocycles. The minimum absolute atomic E-state index is 0.00170. The topological polar surface area (TPSA) is 110 Å². The van der Waals surface area contributed by atoms with Crippen molar-refractivity contribution >= 4 is 27.3 Å². The highest BCUT2D eigenvalue weighted by molar-refractivity contribution is 7.89. The molecular formula is C24H25N3O5S. The first-order chi connectivity index (χ1) is 15.6. The van der Waals surface area contributed by atoms with Crippen molar-refractivity contribution in [1.29, 1.82) is 0 Å². The molecule has 172 valence electrons. The van der Waals surface area contributed by atoms with Crippen molar-refractivity contribution < 1.29 is 18.1 Å². The minimum atomic E-state index is -4.02. The number of aryl methyl sites for hydroxylation is 3. The van der Waals surface area contributed by atoms with Gasteiger partial charge >= 0.3 is 0 Å². The first-order valence-corrected chi connectivity index (χ1v) is 11.7. The van der Waals surface area contributed by atoms with Crippen LogP contribution in [0.3, 0.4) is 0 Å². The number of benzene rings is 3. The SMILES string of the molecule is Cc1cc(C)c(S(=O)(=O)N(CC(=O)Nc2cccc([N+](=O)[O-])c2)Cc2ccccc2)c(C)c1. The Labute approximate surface area is 193 Å². The van der Waals surface area contributed by atoms with Gasteiger partial charge in [0.25, 0.3) is 5.69 Å². The van der Waals surface area contributed by atoms with Gasteiger partial charge in [-0.25, -0.2) is 8.42 Å². The molecule has 0 bridgehead atoms. The number of sulfonamides is 1. The summed E-state index contributed by atoms with van der Waals surface area (Å²) in [6, 6.07) is 18.1. The quantitative estimate of drug-likeness (QED) is 0.391. The summed E-state index contributed by atoms with van der Waals surface area (Å²) < 4.78 is 28.5. The molecule has 0 aliphatic rings. The molecule has 0 saturated carbocycles. The predicted molar refractivity (Wildman–Crippen MR) is 126 cm³/mol. The molecule has 0 unspecified atom stereocenters. The van der Waals surface area contributed by atoms with Gasteiger partial charge in [-0.3, -0.25) is 14.9 Å². The van der Waals surface area contributed by atoms with E-state index in [1.54, 1.807) is 50.2 Å². The van der Waals surface area contributed by atoms with E-state index in [1.165, 1.54) is 24.3 Å². The predicted octanol–water partition coefficient (Wildman–Crippen LogP) is 4.35. The molecule has 0 atom stereocenters. The molecule has 8 nitrogen and oxygen atoms in total. The molecule has 1 N–H and O–H groups in total. The number of hydrogen-bond acceptors (Lipinski definition) is 5. The zero-order chi connectivity index (χ0) is 24.2. The highest BCUT2D eigenvalue weighted by atomic mass is 32.2. The molecule has 3 aromatic rings. The van der Waals surface area contributed by atoms with Crippen molar-refractivity contribution in [3.05, 3.63) is 99.1 Å². The molecule has 0 spiro atoms. The van der Waals surface area contributed by atoms with Crippen LogP contribution in [0.15, 0.2) is 71.6 Å².